The van der Waals surface area contributed by atoms with Crippen molar-refractivity contribution in [2.24, 2.45) is 0 Å². The molecule has 1 aliphatic heterocycles. The second kappa shape index (κ2) is 9.16. The van der Waals surface area contributed by atoms with Gasteiger partial charge >= 0.3 is 6.09 Å². The van der Waals surface area contributed by atoms with Crippen LogP contribution in [-0.2, 0) is 4.74 Å². The number of aromatic nitrogens is 1. The van der Waals surface area contributed by atoms with Crippen LogP contribution >= 0.6 is 0 Å². The molecule has 8 heteroatoms. The van der Waals surface area contributed by atoms with Crippen LogP contribution in [0.2, 0.25) is 0 Å². The van der Waals surface area contributed by atoms with Gasteiger partial charge in [0.25, 0.3) is 5.91 Å². The predicted octanol–water partition coefficient (Wildman–Crippen LogP) is 3.51. The van der Waals surface area contributed by atoms with Crippen molar-refractivity contribution in [2.45, 2.75) is 25.8 Å². The highest BCUT2D eigenvalue weighted by molar-refractivity contribution is 6.02. The van der Waals surface area contributed by atoms with Gasteiger partial charge in [-0.3, -0.25) is 4.79 Å². The second-order valence-electron chi connectivity index (χ2n) is 6.50. The molecule has 0 spiro atoms. The molecule has 1 saturated heterocycles. The fraction of sp³-hybridized carbons (Fsp3) is 0.350. The van der Waals surface area contributed by atoms with Crippen molar-refractivity contribution in [3.05, 3.63) is 54.1 Å². The van der Waals surface area contributed by atoms with E-state index in [1.165, 1.54) is 24.3 Å². The molecular formula is C20H23FN4O3. The number of rotatable bonds is 5. The zero-order valence-electron chi connectivity index (χ0n) is 15.7. The normalized spacial score (nSPS) is 14.4. The van der Waals surface area contributed by atoms with Crippen LogP contribution in [-0.4, -0.2) is 47.6 Å². The van der Waals surface area contributed by atoms with E-state index in [0.29, 0.717) is 25.4 Å². The second-order valence-corrected chi connectivity index (χ2v) is 6.50. The summed E-state index contributed by atoms with van der Waals surface area (Å²) in [4.78, 5) is 29.8. The largest absolute Gasteiger partial charge is 0.450 e. The molecule has 2 N–H and O–H groups in total. The maximum absolute atomic E-state index is 12.9. The number of benzene rings is 1. The van der Waals surface area contributed by atoms with E-state index in [1.807, 2.05) is 0 Å². The molecule has 0 bridgehead atoms. The highest BCUT2D eigenvalue weighted by Gasteiger charge is 2.23. The molecule has 1 aromatic carbocycles. The quantitative estimate of drug-likeness (QED) is 0.822. The van der Waals surface area contributed by atoms with Gasteiger partial charge in [-0.1, -0.05) is 0 Å². The Balaban J connectivity index is 1.50. The SMILES string of the molecule is CCOC(=O)N1CCC(Nc2ccc(C(=O)Nc3ccc(F)cc3)nc2)CC1. The summed E-state index contributed by atoms with van der Waals surface area (Å²) in [5.41, 5.74) is 1.59. The molecule has 0 saturated carbocycles. The van der Waals surface area contributed by atoms with Gasteiger partial charge in [-0.15, -0.1) is 0 Å². The molecule has 0 atom stereocenters. The van der Waals surface area contributed by atoms with Crippen molar-refractivity contribution in [2.75, 3.05) is 30.3 Å². The van der Waals surface area contributed by atoms with Crippen LogP contribution in [0.5, 0.6) is 0 Å². The molecule has 0 radical (unpaired) electrons. The maximum Gasteiger partial charge on any atom is 0.409 e. The summed E-state index contributed by atoms with van der Waals surface area (Å²) in [5.74, 6) is -0.722. The maximum atomic E-state index is 12.9. The summed E-state index contributed by atoms with van der Waals surface area (Å²) in [6, 6.07) is 9.20. The van der Waals surface area contributed by atoms with Crippen LogP contribution in [0.25, 0.3) is 0 Å². The Morgan fingerprint density at radius 2 is 1.82 bits per heavy atom. The summed E-state index contributed by atoms with van der Waals surface area (Å²) in [6.45, 7) is 3.46. The molecule has 28 heavy (non-hydrogen) atoms. The lowest BCUT2D eigenvalue weighted by atomic mass is 10.1. The van der Waals surface area contributed by atoms with Crippen molar-refractivity contribution in [3.8, 4) is 0 Å². The Morgan fingerprint density at radius 3 is 2.43 bits per heavy atom. The fourth-order valence-corrected chi connectivity index (χ4v) is 3.00. The van der Waals surface area contributed by atoms with E-state index in [2.05, 4.69) is 15.6 Å². The Morgan fingerprint density at radius 1 is 1.14 bits per heavy atom. The first-order valence-electron chi connectivity index (χ1n) is 9.26. The van der Waals surface area contributed by atoms with Gasteiger partial charge in [0, 0.05) is 24.8 Å². The third kappa shape index (κ3) is 5.18. The molecule has 7 nitrogen and oxygen atoms in total. The zero-order chi connectivity index (χ0) is 19.9. The van der Waals surface area contributed by atoms with Crippen LogP contribution < -0.4 is 10.6 Å². The first-order chi connectivity index (χ1) is 13.5. The molecule has 1 fully saturated rings. The number of nitrogens with one attached hydrogen (secondary N) is 2. The summed E-state index contributed by atoms with van der Waals surface area (Å²) < 4.78 is 17.9. The summed E-state index contributed by atoms with van der Waals surface area (Å²) >= 11 is 0. The van der Waals surface area contributed by atoms with Crippen molar-refractivity contribution < 1.29 is 18.7 Å². The van der Waals surface area contributed by atoms with E-state index in [9.17, 15) is 14.0 Å². The number of nitrogens with zero attached hydrogens (tertiary/aromatic N) is 2. The monoisotopic (exact) mass is 386 g/mol. The van der Waals surface area contributed by atoms with Crippen LogP contribution in [0.3, 0.4) is 0 Å². The fourth-order valence-electron chi connectivity index (χ4n) is 3.00. The summed E-state index contributed by atoms with van der Waals surface area (Å²) in [6.07, 6.45) is 2.97. The number of carbonyl (C=O) groups is 2. The zero-order valence-corrected chi connectivity index (χ0v) is 15.7. The minimum atomic E-state index is -0.361. The standard InChI is InChI=1S/C20H23FN4O3/c1-2-28-20(27)25-11-9-16(10-12-25)23-17-7-8-18(22-13-17)19(26)24-15-5-3-14(21)4-6-15/h3-8,13,16,23H,2,9-12H2,1H3,(H,24,26). The van der Waals surface area contributed by atoms with E-state index in [0.717, 1.165) is 18.5 Å². The van der Waals surface area contributed by atoms with Gasteiger partial charge in [0.1, 0.15) is 11.5 Å². The van der Waals surface area contributed by atoms with Gasteiger partial charge < -0.3 is 20.3 Å². The number of halogens is 1. The molecule has 0 aliphatic carbocycles. The summed E-state index contributed by atoms with van der Waals surface area (Å²) in [7, 11) is 0. The third-order valence-electron chi connectivity index (χ3n) is 4.49. The number of pyridine rings is 1. The lowest BCUT2D eigenvalue weighted by Crippen LogP contribution is -2.42. The lowest BCUT2D eigenvalue weighted by Gasteiger charge is -2.32. The average molecular weight is 386 g/mol. The number of carbonyl (C=O) groups excluding carboxylic acids is 2. The molecular weight excluding hydrogens is 363 g/mol. The van der Waals surface area contributed by atoms with E-state index >= 15 is 0 Å². The molecule has 1 aromatic heterocycles. The highest BCUT2D eigenvalue weighted by Crippen LogP contribution is 2.17. The van der Waals surface area contributed by atoms with E-state index in [-0.39, 0.29) is 29.6 Å². The van der Waals surface area contributed by atoms with Crippen LogP contribution in [0.15, 0.2) is 42.6 Å². The van der Waals surface area contributed by atoms with Gasteiger partial charge in [-0.25, -0.2) is 14.2 Å². The van der Waals surface area contributed by atoms with E-state index in [1.54, 1.807) is 30.2 Å². The number of piperidine rings is 1. The van der Waals surface area contributed by atoms with Gasteiger partial charge in [0.05, 0.1) is 18.5 Å². The lowest BCUT2D eigenvalue weighted by molar-refractivity contribution is 0.0982. The number of anilines is 2. The van der Waals surface area contributed by atoms with Crippen LogP contribution in [0.4, 0.5) is 20.6 Å². The third-order valence-corrected chi connectivity index (χ3v) is 4.49. The minimum absolute atomic E-state index is 0.228. The molecule has 1 aliphatic rings. The molecule has 2 heterocycles. The minimum Gasteiger partial charge on any atom is -0.450 e. The average Bonchev–Trinajstić information content (AvgIpc) is 2.71. The number of hydrogen-bond acceptors (Lipinski definition) is 5. The topological polar surface area (TPSA) is 83.6 Å². The Kier molecular flexibility index (Phi) is 6.41. The number of ether oxygens (including phenoxy) is 1. The molecule has 2 aromatic rings. The molecule has 3 rings (SSSR count). The van der Waals surface area contributed by atoms with Gasteiger partial charge in [-0.05, 0) is 56.2 Å². The smallest absolute Gasteiger partial charge is 0.409 e. The van der Waals surface area contributed by atoms with Crippen LogP contribution in [0, 0.1) is 5.82 Å². The van der Waals surface area contributed by atoms with Crippen molar-refractivity contribution in [1.82, 2.24) is 9.88 Å². The summed E-state index contributed by atoms with van der Waals surface area (Å²) in [5, 5.41) is 6.05. The van der Waals surface area contributed by atoms with Crippen molar-refractivity contribution >= 4 is 23.4 Å². The van der Waals surface area contributed by atoms with Crippen molar-refractivity contribution in [3.63, 3.8) is 0 Å². The molecule has 0 unspecified atom stereocenters. The predicted molar refractivity (Wildman–Crippen MR) is 104 cm³/mol. The van der Waals surface area contributed by atoms with Gasteiger partial charge in [-0.2, -0.15) is 0 Å². The van der Waals surface area contributed by atoms with E-state index in [4.69, 9.17) is 4.74 Å². The highest BCUT2D eigenvalue weighted by atomic mass is 19.1. The number of amides is 2. The Labute approximate surface area is 162 Å². The van der Waals surface area contributed by atoms with Gasteiger partial charge in [0.15, 0.2) is 0 Å². The number of likely N-dealkylation sites (tertiary alicyclic amines) is 1. The molecule has 2 amide bonds. The van der Waals surface area contributed by atoms with Gasteiger partial charge in [0.2, 0.25) is 0 Å². The Hall–Kier alpha value is -3.16. The Bertz CT molecular complexity index is 803. The van der Waals surface area contributed by atoms with E-state index < -0.39 is 0 Å². The first-order valence-corrected chi connectivity index (χ1v) is 9.26. The number of hydrogen-bond donors (Lipinski definition) is 2. The van der Waals surface area contributed by atoms with Crippen LogP contribution in [0.1, 0.15) is 30.3 Å². The first kappa shape index (κ1) is 19.6. The molecule has 148 valence electrons. The van der Waals surface area contributed by atoms with Crippen molar-refractivity contribution in [1.29, 1.82) is 0 Å².